The third kappa shape index (κ3) is 48.1. The highest BCUT2D eigenvalue weighted by Gasteiger charge is 2.19. The minimum Gasteiger partial charge on any atom is -0.462 e. The van der Waals surface area contributed by atoms with Crippen LogP contribution in [0.1, 0.15) is 258 Å². The van der Waals surface area contributed by atoms with Crippen molar-refractivity contribution >= 4 is 17.9 Å². The Hall–Kier alpha value is -2.89. The quantitative estimate of drug-likeness (QED) is 0.0262. The fraction of sp³-hybridized carbons (Fsp3) is 0.768. The van der Waals surface area contributed by atoms with E-state index in [0.717, 1.165) is 116 Å². The van der Waals surface area contributed by atoms with Crippen molar-refractivity contribution in [2.75, 3.05) is 13.2 Å². The number of rotatable bonds is 47. The normalized spacial score (nSPS) is 12.5. The summed E-state index contributed by atoms with van der Waals surface area (Å²) < 4.78 is 16.8. The van der Waals surface area contributed by atoms with Crippen LogP contribution in [-0.2, 0) is 28.6 Å². The Labute approximate surface area is 383 Å². The molecule has 0 rings (SSSR count). The zero-order valence-corrected chi connectivity index (χ0v) is 40.9. The Bertz CT molecular complexity index is 1130. The van der Waals surface area contributed by atoms with E-state index in [9.17, 15) is 14.4 Å². The van der Waals surface area contributed by atoms with Crippen molar-refractivity contribution in [3.05, 3.63) is 60.8 Å². The van der Waals surface area contributed by atoms with Crippen LogP contribution in [0, 0.1) is 0 Å². The molecule has 62 heavy (non-hydrogen) atoms. The third-order valence-electron chi connectivity index (χ3n) is 11.2. The summed E-state index contributed by atoms with van der Waals surface area (Å²) in [4.78, 5) is 38.0. The van der Waals surface area contributed by atoms with E-state index in [2.05, 4.69) is 81.5 Å². The first-order valence-electron chi connectivity index (χ1n) is 26.3. The van der Waals surface area contributed by atoms with E-state index in [1.807, 2.05) is 0 Å². The largest absolute Gasteiger partial charge is 0.462 e. The zero-order valence-electron chi connectivity index (χ0n) is 40.9. The van der Waals surface area contributed by atoms with E-state index < -0.39 is 6.10 Å². The maximum absolute atomic E-state index is 12.8. The van der Waals surface area contributed by atoms with Crippen LogP contribution in [0.5, 0.6) is 0 Å². The highest BCUT2D eigenvalue weighted by Crippen LogP contribution is 2.14. The lowest BCUT2D eigenvalue weighted by molar-refractivity contribution is -0.167. The molecule has 0 aliphatic carbocycles. The Kier molecular flexibility index (Phi) is 48.4. The maximum atomic E-state index is 12.8. The smallest absolute Gasteiger partial charge is 0.306 e. The molecule has 6 nitrogen and oxygen atoms in total. The van der Waals surface area contributed by atoms with Gasteiger partial charge in [-0.15, -0.1) is 0 Å². The molecule has 0 N–H and O–H groups in total. The molecule has 0 saturated carbocycles. The van der Waals surface area contributed by atoms with Crippen LogP contribution in [0.3, 0.4) is 0 Å². The summed E-state index contributed by atoms with van der Waals surface area (Å²) in [5.41, 5.74) is 0. The minimum atomic E-state index is -0.788. The van der Waals surface area contributed by atoms with Gasteiger partial charge < -0.3 is 14.2 Å². The Morgan fingerprint density at radius 1 is 0.323 bits per heavy atom. The van der Waals surface area contributed by atoms with Gasteiger partial charge in [0.25, 0.3) is 0 Å². The third-order valence-corrected chi connectivity index (χ3v) is 11.2. The molecule has 0 spiro atoms. The van der Waals surface area contributed by atoms with Gasteiger partial charge in [0.05, 0.1) is 0 Å². The van der Waals surface area contributed by atoms with Gasteiger partial charge in [-0.25, -0.2) is 0 Å². The first-order chi connectivity index (χ1) is 30.5. The SMILES string of the molecule is CCC/C=C\C/C=C\CCCCCCCC(=O)OCC(COC(=O)CCCCCCCCC/C=C\CCCCCCCC)OC(=O)CCCCCCC/C=C\C/C=C\CCCC. The molecule has 0 aliphatic rings. The topological polar surface area (TPSA) is 78.9 Å². The summed E-state index contributed by atoms with van der Waals surface area (Å²) in [6, 6.07) is 0. The van der Waals surface area contributed by atoms with Crippen LogP contribution in [0.25, 0.3) is 0 Å². The van der Waals surface area contributed by atoms with Gasteiger partial charge >= 0.3 is 17.9 Å². The van der Waals surface area contributed by atoms with Crippen molar-refractivity contribution in [1.29, 1.82) is 0 Å². The molecular formula is C56H98O6. The lowest BCUT2D eigenvalue weighted by atomic mass is 10.1. The molecule has 1 unspecified atom stereocenters. The molecule has 0 saturated heterocycles. The number of unbranched alkanes of at least 4 members (excludes halogenated alkanes) is 26. The molecule has 1 atom stereocenters. The fourth-order valence-corrected chi connectivity index (χ4v) is 7.20. The summed E-state index contributed by atoms with van der Waals surface area (Å²) in [7, 11) is 0. The molecule has 0 radical (unpaired) electrons. The van der Waals surface area contributed by atoms with Crippen LogP contribution >= 0.6 is 0 Å². The number of carbonyl (C=O) groups excluding carboxylic acids is 3. The van der Waals surface area contributed by atoms with Crippen LogP contribution in [0.15, 0.2) is 60.8 Å². The van der Waals surface area contributed by atoms with E-state index in [4.69, 9.17) is 14.2 Å². The Morgan fingerprint density at radius 3 is 1.02 bits per heavy atom. The molecule has 0 aliphatic heterocycles. The van der Waals surface area contributed by atoms with E-state index >= 15 is 0 Å². The van der Waals surface area contributed by atoms with Crippen molar-refractivity contribution in [2.24, 2.45) is 0 Å². The van der Waals surface area contributed by atoms with Crippen LogP contribution in [0.2, 0.25) is 0 Å². The van der Waals surface area contributed by atoms with E-state index in [-0.39, 0.29) is 31.1 Å². The van der Waals surface area contributed by atoms with Crippen molar-refractivity contribution in [1.82, 2.24) is 0 Å². The Balaban J connectivity index is 4.40. The number of ether oxygens (including phenoxy) is 3. The maximum Gasteiger partial charge on any atom is 0.306 e. The van der Waals surface area contributed by atoms with Crippen LogP contribution in [-0.4, -0.2) is 37.2 Å². The van der Waals surface area contributed by atoms with Gasteiger partial charge in [-0.05, 0) is 96.3 Å². The number of carbonyl (C=O) groups is 3. The van der Waals surface area contributed by atoms with Gasteiger partial charge in [-0.2, -0.15) is 0 Å². The first-order valence-corrected chi connectivity index (χ1v) is 26.3. The van der Waals surface area contributed by atoms with E-state index in [1.165, 1.54) is 103 Å². The molecule has 0 aromatic rings. The summed E-state index contributed by atoms with van der Waals surface area (Å²) in [5.74, 6) is -0.915. The molecule has 0 aromatic carbocycles. The molecule has 0 amide bonds. The highest BCUT2D eigenvalue weighted by molar-refractivity contribution is 5.71. The fourth-order valence-electron chi connectivity index (χ4n) is 7.20. The summed E-state index contributed by atoms with van der Waals surface area (Å²) in [5, 5.41) is 0. The summed E-state index contributed by atoms with van der Waals surface area (Å²) in [6.45, 7) is 6.51. The van der Waals surface area contributed by atoms with Gasteiger partial charge in [-0.1, -0.05) is 204 Å². The average Bonchev–Trinajstić information content (AvgIpc) is 3.27. The number of hydrogen-bond donors (Lipinski definition) is 0. The molecule has 358 valence electrons. The lowest BCUT2D eigenvalue weighted by Crippen LogP contribution is -2.30. The second-order valence-corrected chi connectivity index (χ2v) is 17.4. The van der Waals surface area contributed by atoms with Crippen molar-refractivity contribution in [3.63, 3.8) is 0 Å². The second kappa shape index (κ2) is 50.8. The van der Waals surface area contributed by atoms with Gasteiger partial charge in [0, 0.05) is 19.3 Å². The Morgan fingerprint density at radius 2 is 0.629 bits per heavy atom. The zero-order chi connectivity index (χ0) is 45.1. The first kappa shape index (κ1) is 59.1. The van der Waals surface area contributed by atoms with E-state index in [1.54, 1.807) is 0 Å². The van der Waals surface area contributed by atoms with Gasteiger partial charge in [0.1, 0.15) is 13.2 Å². The van der Waals surface area contributed by atoms with Crippen LogP contribution < -0.4 is 0 Å². The predicted octanol–water partition coefficient (Wildman–Crippen LogP) is 17.3. The number of esters is 3. The molecular weight excluding hydrogens is 769 g/mol. The van der Waals surface area contributed by atoms with Crippen molar-refractivity contribution in [2.45, 2.75) is 264 Å². The van der Waals surface area contributed by atoms with Crippen LogP contribution in [0.4, 0.5) is 0 Å². The molecule has 6 heteroatoms. The van der Waals surface area contributed by atoms with Gasteiger partial charge in [-0.3, -0.25) is 14.4 Å². The highest BCUT2D eigenvalue weighted by atomic mass is 16.6. The molecule has 0 aromatic heterocycles. The standard InChI is InChI=1S/C56H98O6/c1-4-7-10-13-16-19-22-25-27-28-29-32-34-37-40-43-46-49-55(58)61-52-53(51-60-54(57)48-45-42-39-36-33-30-24-21-18-15-12-9-6-3)62-56(59)50-47-44-41-38-35-31-26-23-20-17-14-11-8-5-2/h12,14-15,17,21,23-27,53H,4-11,13,16,18-20,22,28-52H2,1-3H3/b15-12-,17-14-,24-21-,26-23-,27-25-. The molecule has 0 heterocycles. The summed E-state index contributed by atoms with van der Waals surface area (Å²) >= 11 is 0. The summed E-state index contributed by atoms with van der Waals surface area (Å²) in [6.07, 6.45) is 62.0. The average molecular weight is 867 g/mol. The monoisotopic (exact) mass is 867 g/mol. The lowest BCUT2D eigenvalue weighted by Gasteiger charge is -2.18. The molecule has 0 bridgehead atoms. The predicted molar refractivity (Wildman–Crippen MR) is 265 cm³/mol. The number of allylic oxidation sites excluding steroid dienone is 10. The minimum absolute atomic E-state index is 0.0865. The van der Waals surface area contributed by atoms with Gasteiger partial charge in [0.15, 0.2) is 6.10 Å². The van der Waals surface area contributed by atoms with E-state index in [0.29, 0.717) is 19.3 Å². The second-order valence-electron chi connectivity index (χ2n) is 17.4. The van der Waals surface area contributed by atoms with Crippen molar-refractivity contribution in [3.8, 4) is 0 Å². The molecule has 0 fully saturated rings. The van der Waals surface area contributed by atoms with Crippen molar-refractivity contribution < 1.29 is 28.6 Å². The number of hydrogen-bond acceptors (Lipinski definition) is 6. The van der Waals surface area contributed by atoms with Gasteiger partial charge in [0.2, 0.25) is 0 Å².